The molecule has 0 saturated carbocycles. The first-order valence-corrected chi connectivity index (χ1v) is 9.36. The van der Waals surface area contributed by atoms with Crippen LogP contribution in [-0.2, 0) is 11.3 Å². The van der Waals surface area contributed by atoms with Crippen LogP contribution in [0.1, 0.15) is 16.7 Å². The van der Waals surface area contributed by atoms with Crippen LogP contribution in [0.3, 0.4) is 0 Å². The molecule has 1 aromatic carbocycles. The highest BCUT2D eigenvalue weighted by atomic mass is 32.1. The van der Waals surface area contributed by atoms with E-state index < -0.39 is 6.04 Å². The van der Waals surface area contributed by atoms with E-state index in [1.165, 1.54) is 4.88 Å². The van der Waals surface area contributed by atoms with Gasteiger partial charge in [-0.2, -0.15) is 0 Å². The molecule has 2 heterocycles. The fraction of sp³-hybridized carbons (Fsp3) is 0.368. The van der Waals surface area contributed by atoms with Gasteiger partial charge in [0, 0.05) is 28.5 Å². The second-order valence-corrected chi connectivity index (χ2v) is 7.60. The Bertz CT molecular complexity index is 788. The van der Waals surface area contributed by atoms with Crippen molar-refractivity contribution >= 4 is 29.0 Å². The molecule has 1 atom stereocenters. The largest absolute Gasteiger partial charge is 0.497 e. The topological polar surface area (TPSA) is 61.9 Å². The van der Waals surface area contributed by atoms with Crippen LogP contribution < -0.4 is 15.0 Å². The van der Waals surface area contributed by atoms with Crippen LogP contribution in [0.5, 0.6) is 5.75 Å². The molecule has 2 aromatic rings. The normalized spacial score (nSPS) is 17.3. The Kier molecular flexibility index (Phi) is 5.46. The number of amides is 3. The lowest BCUT2D eigenvalue weighted by atomic mass is 10.1. The van der Waals surface area contributed by atoms with E-state index in [1.54, 1.807) is 35.2 Å². The summed E-state index contributed by atoms with van der Waals surface area (Å²) in [6.45, 7) is 5.26. The number of aryl methyl sites for hydroxylation is 1. The first-order chi connectivity index (χ1) is 12.5. The number of piperazine rings is 1. The monoisotopic (exact) mass is 373 g/mol. The van der Waals surface area contributed by atoms with Gasteiger partial charge in [0.25, 0.3) is 0 Å². The second kappa shape index (κ2) is 7.78. The van der Waals surface area contributed by atoms with Gasteiger partial charge in [-0.25, -0.2) is 4.79 Å². The van der Waals surface area contributed by atoms with Gasteiger partial charge in [0.1, 0.15) is 11.8 Å². The van der Waals surface area contributed by atoms with Crippen molar-refractivity contribution in [3.05, 3.63) is 46.2 Å². The number of methoxy groups -OCH3 is 1. The molecule has 0 aliphatic carbocycles. The highest BCUT2D eigenvalue weighted by molar-refractivity contribution is 7.11. The molecule has 7 heteroatoms. The number of rotatable bonds is 4. The van der Waals surface area contributed by atoms with E-state index in [-0.39, 0.29) is 11.9 Å². The minimum absolute atomic E-state index is 0.0801. The summed E-state index contributed by atoms with van der Waals surface area (Å²) in [6, 6.07) is 10.7. The van der Waals surface area contributed by atoms with Crippen molar-refractivity contribution in [3.63, 3.8) is 0 Å². The fourth-order valence-electron chi connectivity index (χ4n) is 3.01. The van der Waals surface area contributed by atoms with Crippen LogP contribution in [0.25, 0.3) is 0 Å². The number of carbonyl (C=O) groups excluding carboxylic acids is 2. The first-order valence-electron chi connectivity index (χ1n) is 8.55. The molecule has 1 saturated heterocycles. The number of anilines is 1. The molecule has 1 N–H and O–H groups in total. The Labute approximate surface area is 157 Å². The highest BCUT2D eigenvalue weighted by Gasteiger charge is 2.34. The Morgan fingerprint density at radius 3 is 2.58 bits per heavy atom. The third kappa shape index (κ3) is 3.83. The molecule has 26 heavy (non-hydrogen) atoms. The van der Waals surface area contributed by atoms with Gasteiger partial charge in [-0.15, -0.1) is 11.3 Å². The van der Waals surface area contributed by atoms with E-state index in [4.69, 9.17) is 4.74 Å². The summed E-state index contributed by atoms with van der Waals surface area (Å²) in [5, 5.41) is 2.91. The third-order valence-electron chi connectivity index (χ3n) is 4.51. The number of urea groups is 1. The van der Waals surface area contributed by atoms with E-state index in [0.29, 0.717) is 19.6 Å². The van der Waals surface area contributed by atoms with Crippen molar-refractivity contribution < 1.29 is 14.3 Å². The Morgan fingerprint density at radius 1 is 1.23 bits per heavy atom. The molecule has 0 spiro atoms. The summed E-state index contributed by atoms with van der Waals surface area (Å²) < 4.78 is 5.15. The number of thiophene rings is 1. The van der Waals surface area contributed by atoms with Gasteiger partial charge in [-0.1, -0.05) is 0 Å². The summed E-state index contributed by atoms with van der Waals surface area (Å²) >= 11 is 1.66. The average molecular weight is 373 g/mol. The maximum absolute atomic E-state index is 12.7. The fourth-order valence-corrected chi connectivity index (χ4v) is 3.84. The average Bonchev–Trinajstić information content (AvgIpc) is 3.07. The SMILES string of the molecule is COc1ccc(N2CCN(C(=O)NCc3ccc(C)s3)[C@@H](C)C2=O)cc1. The molecule has 6 nitrogen and oxygen atoms in total. The molecule has 0 unspecified atom stereocenters. The van der Waals surface area contributed by atoms with Crippen molar-refractivity contribution in [3.8, 4) is 5.75 Å². The number of nitrogens with zero attached hydrogens (tertiary/aromatic N) is 2. The zero-order chi connectivity index (χ0) is 18.7. The molecular formula is C19H23N3O3S. The van der Waals surface area contributed by atoms with Crippen molar-refractivity contribution in [1.82, 2.24) is 10.2 Å². The molecule has 0 bridgehead atoms. The van der Waals surface area contributed by atoms with Crippen LogP contribution in [0.4, 0.5) is 10.5 Å². The van der Waals surface area contributed by atoms with E-state index in [2.05, 4.69) is 5.32 Å². The van der Waals surface area contributed by atoms with E-state index in [9.17, 15) is 9.59 Å². The summed E-state index contributed by atoms with van der Waals surface area (Å²) in [5.41, 5.74) is 0.816. The quantitative estimate of drug-likeness (QED) is 0.896. The van der Waals surface area contributed by atoms with Gasteiger partial charge in [0.2, 0.25) is 5.91 Å². The van der Waals surface area contributed by atoms with Crippen molar-refractivity contribution in [1.29, 1.82) is 0 Å². The summed E-state index contributed by atoms with van der Waals surface area (Å²) in [6.07, 6.45) is 0. The van der Waals surface area contributed by atoms with E-state index in [1.807, 2.05) is 43.3 Å². The van der Waals surface area contributed by atoms with Crippen LogP contribution in [0.2, 0.25) is 0 Å². The van der Waals surface area contributed by atoms with Gasteiger partial charge in [-0.3, -0.25) is 4.79 Å². The standard InChI is InChI=1S/C19H23N3O3S/c1-13-4-9-17(26-13)12-20-19(24)21-10-11-22(18(23)14(21)2)15-5-7-16(25-3)8-6-15/h4-9,14H,10-12H2,1-3H3,(H,20,24)/t14-/m0/s1. The number of carbonyl (C=O) groups is 2. The number of hydrogen-bond acceptors (Lipinski definition) is 4. The van der Waals surface area contributed by atoms with Crippen LogP contribution in [0.15, 0.2) is 36.4 Å². The van der Waals surface area contributed by atoms with Crippen LogP contribution in [0, 0.1) is 6.92 Å². The first kappa shape index (κ1) is 18.3. The Morgan fingerprint density at radius 2 is 1.96 bits per heavy atom. The van der Waals surface area contributed by atoms with Crippen molar-refractivity contribution in [2.75, 3.05) is 25.1 Å². The lowest BCUT2D eigenvalue weighted by molar-refractivity contribution is -0.124. The van der Waals surface area contributed by atoms with Gasteiger partial charge < -0.3 is 19.9 Å². The van der Waals surface area contributed by atoms with Gasteiger partial charge in [-0.05, 0) is 50.2 Å². The van der Waals surface area contributed by atoms with Crippen molar-refractivity contribution in [2.24, 2.45) is 0 Å². The Hall–Kier alpha value is -2.54. The lowest BCUT2D eigenvalue weighted by Crippen LogP contribution is -2.59. The molecular weight excluding hydrogens is 350 g/mol. The van der Waals surface area contributed by atoms with Crippen molar-refractivity contribution in [2.45, 2.75) is 26.4 Å². The predicted molar refractivity (Wildman–Crippen MR) is 103 cm³/mol. The Balaban J connectivity index is 1.62. The molecule has 0 radical (unpaired) electrons. The minimum atomic E-state index is -0.504. The van der Waals surface area contributed by atoms with Crippen LogP contribution in [-0.4, -0.2) is 43.1 Å². The van der Waals surface area contributed by atoms with Gasteiger partial charge in [0.15, 0.2) is 0 Å². The maximum atomic E-state index is 12.7. The zero-order valence-electron chi connectivity index (χ0n) is 15.2. The maximum Gasteiger partial charge on any atom is 0.318 e. The zero-order valence-corrected chi connectivity index (χ0v) is 16.0. The lowest BCUT2D eigenvalue weighted by Gasteiger charge is -2.39. The number of nitrogens with one attached hydrogen (secondary N) is 1. The number of ether oxygens (including phenoxy) is 1. The molecule has 138 valence electrons. The summed E-state index contributed by atoms with van der Waals surface area (Å²) in [7, 11) is 1.61. The smallest absolute Gasteiger partial charge is 0.318 e. The van der Waals surface area contributed by atoms with Gasteiger partial charge in [0.05, 0.1) is 13.7 Å². The highest BCUT2D eigenvalue weighted by Crippen LogP contribution is 2.23. The number of benzene rings is 1. The molecule has 1 fully saturated rings. The molecule has 3 amide bonds. The molecule has 1 aliphatic heterocycles. The minimum Gasteiger partial charge on any atom is -0.497 e. The summed E-state index contributed by atoms with van der Waals surface area (Å²) in [5.74, 6) is 0.666. The number of hydrogen-bond donors (Lipinski definition) is 1. The van der Waals surface area contributed by atoms with Crippen LogP contribution >= 0.6 is 11.3 Å². The van der Waals surface area contributed by atoms with Gasteiger partial charge >= 0.3 is 6.03 Å². The molecule has 1 aromatic heterocycles. The molecule has 1 aliphatic rings. The third-order valence-corrected chi connectivity index (χ3v) is 5.51. The summed E-state index contributed by atoms with van der Waals surface area (Å²) in [4.78, 5) is 30.9. The predicted octanol–water partition coefficient (Wildman–Crippen LogP) is 3.01. The van der Waals surface area contributed by atoms with E-state index >= 15 is 0 Å². The van der Waals surface area contributed by atoms with E-state index in [0.717, 1.165) is 16.3 Å². The second-order valence-electron chi connectivity index (χ2n) is 6.23. The molecule has 3 rings (SSSR count).